The van der Waals surface area contributed by atoms with Gasteiger partial charge >= 0.3 is 0 Å². The second-order valence-corrected chi connectivity index (χ2v) is 5.10. The lowest BCUT2D eigenvalue weighted by atomic mass is 10.1. The summed E-state index contributed by atoms with van der Waals surface area (Å²) in [5, 5.41) is 11.7. The summed E-state index contributed by atoms with van der Waals surface area (Å²) in [4.78, 5) is 18.3. The van der Waals surface area contributed by atoms with Crippen LogP contribution in [0, 0.1) is 0 Å². The van der Waals surface area contributed by atoms with Gasteiger partial charge in [0.05, 0.1) is 12.2 Å². The molecule has 0 unspecified atom stereocenters. The molecule has 1 aromatic heterocycles. The Morgan fingerprint density at radius 1 is 1.38 bits per heavy atom. The van der Waals surface area contributed by atoms with Gasteiger partial charge in [-0.25, -0.2) is 0 Å². The number of rotatable bonds is 3. The number of pyridine rings is 1. The number of carbonyl (C=O) groups is 1. The summed E-state index contributed by atoms with van der Waals surface area (Å²) in [7, 11) is 0. The van der Waals surface area contributed by atoms with Crippen LogP contribution in [-0.2, 0) is 13.1 Å². The summed E-state index contributed by atoms with van der Waals surface area (Å²) in [6, 6.07) is 10.8. The van der Waals surface area contributed by atoms with Crippen molar-refractivity contribution >= 4 is 22.7 Å². The Bertz CT molecular complexity index is 716. The van der Waals surface area contributed by atoms with Crippen molar-refractivity contribution in [2.75, 3.05) is 0 Å². The minimum Gasteiger partial charge on any atom is -0.410 e. The number of carbonyl (C=O) groups excluding carboxylic acids is 1. The molecule has 2 aromatic rings. The smallest absolute Gasteiger partial charge is 0.254 e. The summed E-state index contributed by atoms with van der Waals surface area (Å²) in [6.07, 6.45) is 1.71. The lowest BCUT2D eigenvalue weighted by molar-refractivity contribution is 0.0764. The summed E-state index contributed by atoms with van der Waals surface area (Å²) >= 11 is 5.79. The maximum atomic E-state index is 12.3. The quantitative estimate of drug-likeness (QED) is 0.538. The topological polar surface area (TPSA) is 65.8 Å². The zero-order valence-corrected chi connectivity index (χ0v) is 11.8. The van der Waals surface area contributed by atoms with Crippen LogP contribution >= 0.6 is 11.6 Å². The van der Waals surface area contributed by atoms with Crippen molar-refractivity contribution in [2.24, 2.45) is 5.16 Å². The van der Waals surface area contributed by atoms with E-state index >= 15 is 0 Å². The standard InChI is InChI=1S/C15H12ClN3O2/c16-14(18-21)10-4-5-13-11(7-10)8-19(15(13)20)9-12-3-1-2-6-17-12/h1-7,21H,8-9H2/b18-14-. The average molecular weight is 302 g/mol. The highest BCUT2D eigenvalue weighted by Crippen LogP contribution is 2.25. The normalized spacial score (nSPS) is 14.4. The molecule has 1 aliphatic heterocycles. The predicted octanol–water partition coefficient (Wildman–Crippen LogP) is 2.61. The molecule has 0 atom stereocenters. The zero-order chi connectivity index (χ0) is 14.8. The van der Waals surface area contributed by atoms with Gasteiger partial charge in [0, 0.05) is 23.9 Å². The molecule has 5 nitrogen and oxygen atoms in total. The van der Waals surface area contributed by atoms with Crippen LogP contribution in [0.5, 0.6) is 0 Å². The van der Waals surface area contributed by atoms with Crippen molar-refractivity contribution in [2.45, 2.75) is 13.1 Å². The maximum absolute atomic E-state index is 12.3. The lowest BCUT2D eigenvalue weighted by Crippen LogP contribution is -2.23. The van der Waals surface area contributed by atoms with Gasteiger partial charge in [-0.2, -0.15) is 0 Å². The van der Waals surface area contributed by atoms with E-state index in [9.17, 15) is 4.79 Å². The van der Waals surface area contributed by atoms with Crippen molar-refractivity contribution in [3.05, 3.63) is 65.0 Å². The van der Waals surface area contributed by atoms with Gasteiger partial charge in [-0.15, -0.1) is 0 Å². The van der Waals surface area contributed by atoms with Crippen LogP contribution in [0.15, 0.2) is 47.8 Å². The summed E-state index contributed by atoms with van der Waals surface area (Å²) < 4.78 is 0. The van der Waals surface area contributed by atoms with Crippen LogP contribution in [-0.4, -0.2) is 26.2 Å². The van der Waals surface area contributed by atoms with Crippen molar-refractivity contribution in [3.63, 3.8) is 0 Å². The van der Waals surface area contributed by atoms with Crippen LogP contribution in [0.1, 0.15) is 27.2 Å². The molecule has 0 fully saturated rings. The minimum atomic E-state index is -0.0285. The molecule has 0 bridgehead atoms. The molecule has 106 valence electrons. The largest absolute Gasteiger partial charge is 0.410 e. The van der Waals surface area contributed by atoms with E-state index in [0.717, 1.165) is 11.3 Å². The van der Waals surface area contributed by atoms with Crippen molar-refractivity contribution in [1.82, 2.24) is 9.88 Å². The fourth-order valence-corrected chi connectivity index (χ4v) is 2.50. The first-order valence-electron chi connectivity index (χ1n) is 6.39. The van der Waals surface area contributed by atoms with Crippen LogP contribution < -0.4 is 0 Å². The number of amides is 1. The predicted molar refractivity (Wildman–Crippen MR) is 78.4 cm³/mol. The van der Waals surface area contributed by atoms with E-state index in [1.165, 1.54) is 0 Å². The van der Waals surface area contributed by atoms with Gasteiger partial charge in [-0.1, -0.05) is 28.9 Å². The van der Waals surface area contributed by atoms with Gasteiger partial charge < -0.3 is 10.1 Å². The highest BCUT2D eigenvalue weighted by Gasteiger charge is 2.27. The molecular formula is C15H12ClN3O2. The fourth-order valence-electron chi connectivity index (χ4n) is 2.38. The Labute approximate surface area is 126 Å². The van der Waals surface area contributed by atoms with Gasteiger partial charge in [0.15, 0.2) is 5.17 Å². The number of fused-ring (bicyclic) bond motifs is 1. The first-order chi connectivity index (χ1) is 10.2. The first-order valence-corrected chi connectivity index (χ1v) is 6.77. The number of hydrogen-bond donors (Lipinski definition) is 1. The van der Waals surface area contributed by atoms with Crippen molar-refractivity contribution < 1.29 is 10.0 Å². The molecule has 1 aromatic carbocycles. The van der Waals surface area contributed by atoms with Crippen LogP contribution in [0.25, 0.3) is 0 Å². The maximum Gasteiger partial charge on any atom is 0.254 e. The lowest BCUT2D eigenvalue weighted by Gasteiger charge is -2.14. The molecule has 0 aliphatic carbocycles. The third kappa shape index (κ3) is 2.60. The highest BCUT2D eigenvalue weighted by molar-refractivity contribution is 6.69. The Balaban J connectivity index is 1.85. The number of oxime groups is 1. The molecule has 6 heteroatoms. The number of halogens is 1. The van der Waals surface area contributed by atoms with Gasteiger partial charge in [-0.05, 0) is 29.8 Å². The molecule has 2 heterocycles. The van der Waals surface area contributed by atoms with Crippen LogP contribution in [0.3, 0.4) is 0 Å². The van der Waals surface area contributed by atoms with E-state index in [2.05, 4.69) is 10.1 Å². The Kier molecular flexibility index (Phi) is 3.58. The van der Waals surface area contributed by atoms with E-state index < -0.39 is 0 Å². The molecule has 21 heavy (non-hydrogen) atoms. The molecule has 3 rings (SSSR count). The molecule has 0 saturated carbocycles. The molecule has 0 spiro atoms. The van der Waals surface area contributed by atoms with Gasteiger partial charge in [0.2, 0.25) is 0 Å². The van der Waals surface area contributed by atoms with Gasteiger partial charge in [0.1, 0.15) is 0 Å². The van der Waals surface area contributed by atoms with Crippen LogP contribution in [0.4, 0.5) is 0 Å². The second kappa shape index (κ2) is 5.54. The number of aromatic nitrogens is 1. The van der Waals surface area contributed by atoms with E-state index in [1.807, 2.05) is 18.2 Å². The third-order valence-electron chi connectivity index (χ3n) is 3.39. The molecule has 0 radical (unpaired) electrons. The van der Waals surface area contributed by atoms with E-state index in [-0.39, 0.29) is 11.1 Å². The van der Waals surface area contributed by atoms with E-state index in [1.54, 1.807) is 29.3 Å². The molecule has 1 aliphatic rings. The molecule has 1 amide bonds. The molecular weight excluding hydrogens is 290 g/mol. The Hall–Kier alpha value is -2.40. The molecule has 0 saturated heterocycles. The Morgan fingerprint density at radius 3 is 2.95 bits per heavy atom. The zero-order valence-electron chi connectivity index (χ0n) is 11.0. The molecule has 1 N–H and O–H groups in total. The summed E-state index contributed by atoms with van der Waals surface area (Å²) in [5.41, 5.74) is 2.95. The number of hydrogen-bond acceptors (Lipinski definition) is 4. The third-order valence-corrected chi connectivity index (χ3v) is 3.68. The SMILES string of the molecule is O=C1c2ccc(/C(Cl)=N/O)cc2CN1Cc1ccccn1. The second-order valence-electron chi connectivity index (χ2n) is 4.75. The van der Waals surface area contributed by atoms with E-state index in [4.69, 9.17) is 16.8 Å². The van der Waals surface area contributed by atoms with E-state index in [0.29, 0.717) is 24.2 Å². The van der Waals surface area contributed by atoms with Crippen molar-refractivity contribution in [3.8, 4) is 0 Å². The van der Waals surface area contributed by atoms with Crippen molar-refractivity contribution in [1.29, 1.82) is 0 Å². The summed E-state index contributed by atoms with van der Waals surface area (Å²) in [6.45, 7) is 0.958. The van der Waals surface area contributed by atoms with Gasteiger partial charge in [0.25, 0.3) is 5.91 Å². The fraction of sp³-hybridized carbons (Fsp3) is 0.133. The Morgan fingerprint density at radius 2 is 2.24 bits per heavy atom. The number of nitrogens with zero attached hydrogens (tertiary/aromatic N) is 3. The highest BCUT2D eigenvalue weighted by atomic mass is 35.5. The average Bonchev–Trinajstić information content (AvgIpc) is 2.83. The summed E-state index contributed by atoms with van der Waals surface area (Å²) in [5.74, 6) is -0.0285. The monoisotopic (exact) mass is 301 g/mol. The minimum absolute atomic E-state index is 0.00780. The first kappa shape index (κ1) is 13.6. The van der Waals surface area contributed by atoms with Gasteiger partial charge in [-0.3, -0.25) is 9.78 Å². The number of benzene rings is 1. The van der Waals surface area contributed by atoms with Crippen LogP contribution in [0.2, 0.25) is 0 Å².